The summed E-state index contributed by atoms with van der Waals surface area (Å²) in [5, 5.41) is 17.9. The summed E-state index contributed by atoms with van der Waals surface area (Å²) >= 11 is 0. The van der Waals surface area contributed by atoms with E-state index >= 15 is 0 Å². The predicted molar refractivity (Wildman–Crippen MR) is 44.4 cm³/mol. The summed E-state index contributed by atoms with van der Waals surface area (Å²) in [6, 6.07) is 0. The van der Waals surface area contributed by atoms with Crippen molar-refractivity contribution >= 4 is 0 Å². The van der Waals surface area contributed by atoms with Gasteiger partial charge in [0.2, 0.25) is 0 Å². The highest BCUT2D eigenvalue weighted by atomic mass is 16.3. The van der Waals surface area contributed by atoms with E-state index < -0.39 is 42.7 Å². The summed E-state index contributed by atoms with van der Waals surface area (Å²) in [5.74, 6) is 0. The molecule has 6 heteroatoms. The van der Waals surface area contributed by atoms with Crippen LogP contribution in [0.5, 0.6) is 0 Å². The molecule has 0 amide bonds. The van der Waals surface area contributed by atoms with E-state index in [-0.39, 0.29) is 0 Å². The van der Waals surface area contributed by atoms with Crippen LogP contribution in [0.1, 0.15) is 17.3 Å². The van der Waals surface area contributed by atoms with E-state index in [0.29, 0.717) is 4.57 Å². The summed E-state index contributed by atoms with van der Waals surface area (Å²) in [4.78, 5) is 24.2. The third kappa shape index (κ3) is 1.85. The molecule has 0 aromatic carbocycles. The van der Waals surface area contributed by atoms with Crippen LogP contribution in [-0.4, -0.2) is 26.4 Å². The quantitative estimate of drug-likeness (QED) is 0.519. The van der Waals surface area contributed by atoms with Crippen LogP contribution in [0.3, 0.4) is 0 Å². The topological polar surface area (TPSA) is 95.3 Å². The fourth-order valence-corrected chi connectivity index (χ4v) is 0.733. The Kier molecular flexibility index (Phi) is 1.46. The number of hydrogen-bond donors (Lipinski definition) is 3. The number of H-pyrrole nitrogens is 1. The van der Waals surface area contributed by atoms with Crippen molar-refractivity contribution in [2.45, 2.75) is 13.1 Å². The Morgan fingerprint density at radius 2 is 2.54 bits per heavy atom. The molecule has 1 heterocycles. The minimum absolute atomic E-state index is 0.295. The van der Waals surface area contributed by atoms with Gasteiger partial charge in [0, 0.05) is 15.8 Å². The summed E-state index contributed by atoms with van der Waals surface area (Å²) in [7, 11) is 0. The Bertz CT molecular complexity index is 532. The third-order valence-electron chi connectivity index (χ3n) is 1.36. The molecule has 0 saturated heterocycles. The molecule has 1 unspecified atom stereocenters. The second-order valence-electron chi connectivity index (χ2n) is 2.28. The number of nitrogens with one attached hydrogen (secondary N) is 1. The van der Waals surface area contributed by atoms with Gasteiger partial charge in [-0.15, -0.1) is 0 Å². The van der Waals surface area contributed by atoms with Crippen molar-refractivity contribution in [3.05, 3.63) is 32.6 Å². The van der Waals surface area contributed by atoms with Gasteiger partial charge in [-0.1, -0.05) is 0 Å². The molecule has 0 aliphatic carbocycles. The van der Waals surface area contributed by atoms with Crippen LogP contribution in [0.4, 0.5) is 0 Å². The van der Waals surface area contributed by atoms with Crippen molar-refractivity contribution < 1.29 is 15.7 Å². The number of aliphatic hydroxyl groups is 2. The first-order chi connectivity index (χ1) is 7.70. The van der Waals surface area contributed by atoms with Crippen LogP contribution >= 0.6 is 0 Å². The standard InChI is InChI=1S/C7H10N2O4/c1-4-2-9(5(11)3-10)7(13)8-6(4)12/h2,5,10-11H,3H2,1H3,(H,8,12,13)/i1D3,2D. The molecule has 72 valence electrons. The molecule has 1 rings (SSSR count). The number of aromatic amines is 1. The van der Waals surface area contributed by atoms with E-state index in [9.17, 15) is 14.7 Å². The van der Waals surface area contributed by atoms with Crippen molar-refractivity contribution in [1.29, 1.82) is 0 Å². The molecule has 0 spiro atoms. The Labute approximate surface area is 78.7 Å². The van der Waals surface area contributed by atoms with Crippen molar-refractivity contribution in [1.82, 2.24) is 9.55 Å². The fourth-order valence-electron chi connectivity index (χ4n) is 0.733. The van der Waals surface area contributed by atoms with E-state index in [2.05, 4.69) is 0 Å². The van der Waals surface area contributed by atoms with Gasteiger partial charge < -0.3 is 10.2 Å². The van der Waals surface area contributed by atoms with E-state index in [1.807, 2.05) is 0 Å². The molecule has 13 heavy (non-hydrogen) atoms. The van der Waals surface area contributed by atoms with Crippen LogP contribution in [0.2, 0.25) is 0 Å². The molecule has 0 aliphatic rings. The lowest BCUT2D eigenvalue weighted by Gasteiger charge is -2.10. The van der Waals surface area contributed by atoms with Crippen LogP contribution in [0.15, 0.2) is 15.8 Å². The minimum atomic E-state index is -2.89. The summed E-state index contributed by atoms with van der Waals surface area (Å²) in [6.45, 7) is -3.78. The SMILES string of the molecule is [2H]c1c(C([2H])([2H])[2H])c(=O)[nH]c(=O)n1C(O)CO. The van der Waals surface area contributed by atoms with Gasteiger partial charge in [0.05, 0.1) is 7.98 Å². The first kappa shape index (κ1) is 5.36. The fraction of sp³-hybridized carbons (Fsp3) is 0.429. The van der Waals surface area contributed by atoms with Gasteiger partial charge in [0.15, 0.2) is 6.23 Å². The maximum Gasteiger partial charge on any atom is 0.330 e. The third-order valence-corrected chi connectivity index (χ3v) is 1.36. The van der Waals surface area contributed by atoms with Crippen molar-refractivity contribution in [3.8, 4) is 0 Å². The van der Waals surface area contributed by atoms with Gasteiger partial charge in [-0.25, -0.2) is 4.79 Å². The van der Waals surface area contributed by atoms with Crippen LogP contribution < -0.4 is 11.2 Å². The Hall–Kier alpha value is -1.40. The lowest BCUT2D eigenvalue weighted by atomic mass is 10.4. The van der Waals surface area contributed by atoms with Crippen molar-refractivity contribution in [2.24, 2.45) is 0 Å². The maximum absolute atomic E-state index is 11.3. The van der Waals surface area contributed by atoms with E-state index in [1.54, 1.807) is 4.98 Å². The molecule has 1 aromatic heterocycles. The van der Waals surface area contributed by atoms with Crippen molar-refractivity contribution in [2.75, 3.05) is 6.61 Å². The van der Waals surface area contributed by atoms with Gasteiger partial charge >= 0.3 is 5.69 Å². The second kappa shape index (κ2) is 3.55. The zero-order valence-electron chi connectivity index (χ0n) is 10.4. The number of rotatable bonds is 2. The maximum atomic E-state index is 11.3. The van der Waals surface area contributed by atoms with Crippen LogP contribution in [0, 0.1) is 6.85 Å². The molecule has 0 bridgehead atoms. The van der Waals surface area contributed by atoms with Crippen molar-refractivity contribution in [3.63, 3.8) is 0 Å². The molecule has 0 saturated carbocycles. The highest BCUT2D eigenvalue weighted by Crippen LogP contribution is 1.95. The van der Waals surface area contributed by atoms with E-state index in [4.69, 9.17) is 10.6 Å². The zero-order valence-corrected chi connectivity index (χ0v) is 6.44. The van der Waals surface area contributed by atoms with E-state index in [0.717, 1.165) is 0 Å². The first-order valence-corrected chi connectivity index (χ1v) is 3.35. The largest absolute Gasteiger partial charge is 0.392 e. The van der Waals surface area contributed by atoms with Crippen LogP contribution in [0.25, 0.3) is 0 Å². The van der Waals surface area contributed by atoms with Gasteiger partial charge in [-0.2, -0.15) is 0 Å². The molecule has 1 atom stereocenters. The molecule has 0 radical (unpaired) electrons. The molecular weight excluding hydrogens is 176 g/mol. The van der Waals surface area contributed by atoms with Gasteiger partial charge in [0.25, 0.3) is 5.56 Å². The number of aromatic nitrogens is 2. The Morgan fingerprint density at radius 3 is 3.08 bits per heavy atom. The van der Waals surface area contributed by atoms with Gasteiger partial charge in [-0.05, 0) is 6.85 Å². The average Bonchev–Trinajstić information content (AvgIpc) is 2.13. The second-order valence-corrected chi connectivity index (χ2v) is 2.28. The molecule has 3 N–H and O–H groups in total. The Morgan fingerprint density at radius 1 is 1.85 bits per heavy atom. The molecule has 0 fully saturated rings. The number of hydrogen-bond acceptors (Lipinski definition) is 4. The van der Waals surface area contributed by atoms with Gasteiger partial charge in [-0.3, -0.25) is 14.3 Å². The smallest absolute Gasteiger partial charge is 0.330 e. The highest BCUT2D eigenvalue weighted by molar-refractivity contribution is 5.01. The molecule has 1 aromatic rings. The number of nitrogens with zero attached hydrogens (tertiary/aromatic N) is 1. The van der Waals surface area contributed by atoms with Gasteiger partial charge in [0.1, 0.15) is 0 Å². The average molecular weight is 190 g/mol. The first-order valence-electron chi connectivity index (χ1n) is 5.35. The van der Waals surface area contributed by atoms with Crippen LogP contribution in [-0.2, 0) is 0 Å². The molecular formula is C7H10N2O4. The lowest BCUT2D eigenvalue weighted by molar-refractivity contribution is 0.0350. The number of aliphatic hydroxyl groups excluding tert-OH is 2. The zero-order chi connectivity index (χ0) is 13.4. The Balaban J connectivity index is 3.67. The summed E-state index contributed by atoms with van der Waals surface area (Å²) in [6.07, 6.45) is -2.73. The summed E-state index contributed by atoms with van der Waals surface area (Å²) in [5.41, 5.74) is -3.28. The highest BCUT2D eigenvalue weighted by Gasteiger charge is 2.07. The van der Waals surface area contributed by atoms with E-state index in [1.165, 1.54) is 0 Å². The monoisotopic (exact) mass is 190 g/mol. The summed E-state index contributed by atoms with van der Waals surface area (Å²) < 4.78 is 28.9. The minimum Gasteiger partial charge on any atom is -0.392 e. The predicted octanol–water partition coefficient (Wildman–Crippen LogP) is -1.67. The lowest BCUT2D eigenvalue weighted by Crippen LogP contribution is -2.34. The molecule has 0 aliphatic heterocycles. The molecule has 6 nitrogen and oxygen atoms in total. The normalized spacial score (nSPS) is 18.3.